The maximum Gasteiger partial charge on any atom is 0.327 e. The lowest BCUT2D eigenvalue weighted by Crippen LogP contribution is -2.44. The molecule has 0 amide bonds. The minimum absolute atomic E-state index is 0.320. The van der Waals surface area contributed by atoms with Gasteiger partial charge in [0.15, 0.2) is 5.82 Å². The monoisotopic (exact) mass is 369 g/mol. The molecule has 0 fully saturated rings. The molecule has 0 saturated carbocycles. The Kier molecular flexibility index (Phi) is 4.59. The fourth-order valence-corrected chi connectivity index (χ4v) is 3.61. The molecule has 0 radical (unpaired) electrons. The highest BCUT2D eigenvalue weighted by atomic mass is 19.1. The van der Waals surface area contributed by atoms with E-state index in [0.29, 0.717) is 49.4 Å². The number of carboxylic acid groups (broad SMARTS) is 1. The molecular formula is C19H20FN5O2. The molecule has 1 aliphatic carbocycles. The molecule has 1 atom stereocenters. The van der Waals surface area contributed by atoms with E-state index in [0.717, 1.165) is 16.8 Å². The number of aliphatic carboxylic acids is 1. The van der Waals surface area contributed by atoms with Gasteiger partial charge < -0.3 is 16.3 Å². The minimum atomic E-state index is -0.888. The number of halogens is 1. The van der Waals surface area contributed by atoms with Crippen LogP contribution in [-0.4, -0.2) is 45.2 Å². The highest BCUT2D eigenvalue weighted by Crippen LogP contribution is 2.36. The predicted octanol–water partition coefficient (Wildman–Crippen LogP) is 1.56. The van der Waals surface area contributed by atoms with Gasteiger partial charge in [-0.25, -0.2) is 19.4 Å². The topological polar surface area (TPSA) is 104 Å². The summed E-state index contributed by atoms with van der Waals surface area (Å²) in [7, 11) is 0. The fraction of sp³-hybridized carbons (Fsp3) is 0.316. The average molecular weight is 369 g/mol. The zero-order chi connectivity index (χ0) is 19.0. The molecule has 8 heteroatoms. The molecule has 0 spiro atoms. The van der Waals surface area contributed by atoms with Crippen molar-refractivity contribution < 1.29 is 14.3 Å². The van der Waals surface area contributed by atoms with Crippen LogP contribution in [-0.2, 0) is 11.2 Å². The molecule has 4 rings (SSSR count). The van der Waals surface area contributed by atoms with E-state index in [-0.39, 0.29) is 5.82 Å². The van der Waals surface area contributed by atoms with Crippen LogP contribution in [0.4, 0.5) is 4.39 Å². The Morgan fingerprint density at radius 3 is 2.81 bits per heavy atom. The van der Waals surface area contributed by atoms with Crippen molar-refractivity contribution in [2.45, 2.75) is 25.3 Å². The van der Waals surface area contributed by atoms with Crippen LogP contribution in [0.2, 0.25) is 0 Å². The highest BCUT2D eigenvalue weighted by Gasteiger charge is 2.40. The molecule has 2 heterocycles. The van der Waals surface area contributed by atoms with Gasteiger partial charge in [-0.05, 0) is 61.2 Å². The van der Waals surface area contributed by atoms with Gasteiger partial charge in [-0.15, -0.1) is 0 Å². The summed E-state index contributed by atoms with van der Waals surface area (Å²) in [5.74, 6) is -0.726. The Hall–Kier alpha value is -2.84. The summed E-state index contributed by atoms with van der Waals surface area (Å²) in [5.41, 5.74) is 12.8. The average Bonchev–Trinajstić information content (AvgIpc) is 3.05. The summed E-state index contributed by atoms with van der Waals surface area (Å²) < 4.78 is 13.2. The summed E-state index contributed by atoms with van der Waals surface area (Å²) in [6.45, 7) is 1.02. The first-order chi connectivity index (χ1) is 13.1. The van der Waals surface area contributed by atoms with Crippen LogP contribution >= 0.6 is 0 Å². The zero-order valence-electron chi connectivity index (χ0n) is 14.7. The number of nitrogens with zero attached hydrogens (tertiary/aromatic N) is 3. The van der Waals surface area contributed by atoms with Gasteiger partial charge in [-0.2, -0.15) is 0 Å². The van der Waals surface area contributed by atoms with Crippen molar-refractivity contribution in [1.82, 2.24) is 20.4 Å². The number of carbonyl (C=O) groups is 1. The Morgan fingerprint density at radius 2 is 2.11 bits per heavy atom. The molecular weight excluding hydrogens is 349 g/mol. The van der Waals surface area contributed by atoms with E-state index in [1.165, 1.54) is 12.1 Å². The lowest BCUT2D eigenvalue weighted by atomic mass is 9.90. The predicted molar refractivity (Wildman–Crippen MR) is 97.6 cm³/mol. The van der Waals surface area contributed by atoms with Crippen molar-refractivity contribution in [1.29, 1.82) is 0 Å². The number of hydrogen-bond donors (Lipinski definition) is 3. The fourth-order valence-electron chi connectivity index (χ4n) is 3.61. The first-order valence-electron chi connectivity index (χ1n) is 8.90. The Balaban J connectivity index is 1.73. The quantitative estimate of drug-likeness (QED) is 0.735. The summed E-state index contributed by atoms with van der Waals surface area (Å²) >= 11 is 0. The number of aryl methyl sites for hydroxylation is 1. The molecule has 0 saturated heterocycles. The van der Waals surface area contributed by atoms with Crippen LogP contribution in [0.1, 0.15) is 24.1 Å². The van der Waals surface area contributed by atoms with Crippen LogP contribution in [0.3, 0.4) is 0 Å². The van der Waals surface area contributed by atoms with Crippen LogP contribution in [0.25, 0.3) is 17.1 Å². The summed E-state index contributed by atoms with van der Waals surface area (Å²) in [6.07, 6.45) is 3.79. The van der Waals surface area contributed by atoms with Gasteiger partial charge in [0.05, 0.1) is 11.4 Å². The molecule has 27 heavy (non-hydrogen) atoms. The molecule has 0 bridgehead atoms. The normalized spacial score (nSPS) is 18.8. The van der Waals surface area contributed by atoms with Crippen molar-refractivity contribution in [3.8, 4) is 11.4 Å². The number of fused-ring (bicyclic) bond motifs is 2. The first kappa shape index (κ1) is 17.6. The number of benzene rings is 1. The maximum atomic E-state index is 13.2. The van der Waals surface area contributed by atoms with Crippen molar-refractivity contribution in [3.63, 3.8) is 0 Å². The molecule has 2 aliphatic rings. The van der Waals surface area contributed by atoms with E-state index in [1.54, 1.807) is 23.3 Å². The molecule has 1 aromatic heterocycles. The molecule has 1 aliphatic heterocycles. The smallest absolute Gasteiger partial charge is 0.327 e. The number of hydrazine groups is 1. The summed E-state index contributed by atoms with van der Waals surface area (Å²) in [5, 5.41) is 11.4. The third kappa shape index (κ3) is 3.17. The van der Waals surface area contributed by atoms with Crippen LogP contribution in [0, 0.1) is 5.82 Å². The molecule has 7 nitrogen and oxygen atoms in total. The Bertz CT molecular complexity index is 913. The van der Waals surface area contributed by atoms with E-state index in [4.69, 9.17) is 5.73 Å². The first-order valence-corrected chi connectivity index (χ1v) is 8.90. The molecule has 140 valence electrons. The lowest BCUT2D eigenvalue weighted by molar-refractivity contribution is -0.142. The number of hydrogen-bond acceptors (Lipinski definition) is 6. The van der Waals surface area contributed by atoms with Crippen molar-refractivity contribution in [2.24, 2.45) is 5.73 Å². The van der Waals surface area contributed by atoms with Crippen LogP contribution in [0.5, 0.6) is 0 Å². The van der Waals surface area contributed by atoms with E-state index in [1.807, 2.05) is 0 Å². The van der Waals surface area contributed by atoms with Gasteiger partial charge in [0.25, 0.3) is 0 Å². The SMILES string of the molecule is NCCCN1NC2=C(CCc3cnc(-c4ccc(F)cc4)nc32)C1C(=O)O. The van der Waals surface area contributed by atoms with Crippen molar-refractivity contribution in [3.05, 3.63) is 53.1 Å². The standard InChI is InChI=1S/C19H20FN5O2/c20-13-5-2-11(3-6-13)18-22-10-12-4-7-14-16(15(12)23-18)24-25(9-1-8-21)17(14)19(26)27/h2-3,5-6,10,17,24H,1,4,7-9,21H2,(H,26,27). The number of nitrogens with one attached hydrogen (secondary N) is 1. The van der Waals surface area contributed by atoms with Crippen molar-refractivity contribution in [2.75, 3.05) is 13.1 Å². The van der Waals surface area contributed by atoms with Crippen LogP contribution in [0.15, 0.2) is 36.0 Å². The van der Waals surface area contributed by atoms with Gasteiger partial charge in [-0.1, -0.05) is 0 Å². The van der Waals surface area contributed by atoms with Crippen LogP contribution < -0.4 is 11.2 Å². The molecule has 1 unspecified atom stereocenters. The second kappa shape index (κ2) is 7.05. The number of carboxylic acids is 1. The lowest BCUT2D eigenvalue weighted by Gasteiger charge is -2.22. The Labute approximate surface area is 155 Å². The third-order valence-electron chi connectivity index (χ3n) is 4.92. The second-order valence-electron chi connectivity index (χ2n) is 6.66. The third-order valence-corrected chi connectivity index (χ3v) is 4.92. The second-order valence-corrected chi connectivity index (χ2v) is 6.66. The van der Waals surface area contributed by atoms with Gasteiger partial charge in [0.1, 0.15) is 11.9 Å². The van der Waals surface area contributed by atoms with Gasteiger partial charge in [0, 0.05) is 18.3 Å². The minimum Gasteiger partial charge on any atom is -0.480 e. The van der Waals surface area contributed by atoms with Gasteiger partial charge >= 0.3 is 5.97 Å². The zero-order valence-corrected chi connectivity index (χ0v) is 14.7. The van der Waals surface area contributed by atoms with Gasteiger partial charge in [0.2, 0.25) is 0 Å². The number of aromatic nitrogens is 2. The van der Waals surface area contributed by atoms with Crippen molar-refractivity contribution >= 4 is 11.7 Å². The largest absolute Gasteiger partial charge is 0.480 e. The summed E-state index contributed by atoms with van der Waals surface area (Å²) in [4.78, 5) is 20.9. The van der Waals surface area contributed by atoms with E-state index in [9.17, 15) is 14.3 Å². The Morgan fingerprint density at radius 1 is 1.33 bits per heavy atom. The molecule has 1 aromatic carbocycles. The highest BCUT2D eigenvalue weighted by molar-refractivity contribution is 5.85. The van der Waals surface area contributed by atoms with E-state index < -0.39 is 12.0 Å². The number of nitrogens with two attached hydrogens (primary N) is 1. The molecule has 4 N–H and O–H groups in total. The van der Waals surface area contributed by atoms with E-state index >= 15 is 0 Å². The van der Waals surface area contributed by atoms with E-state index in [2.05, 4.69) is 15.4 Å². The van der Waals surface area contributed by atoms with Gasteiger partial charge in [-0.3, -0.25) is 4.79 Å². The summed E-state index contributed by atoms with van der Waals surface area (Å²) in [6, 6.07) is 5.27. The maximum absolute atomic E-state index is 13.2. The number of rotatable bonds is 5. The molecule has 2 aromatic rings.